The van der Waals surface area contributed by atoms with Gasteiger partial charge >= 0.3 is 12.2 Å². The predicted octanol–water partition coefficient (Wildman–Crippen LogP) is 5.44. The van der Waals surface area contributed by atoms with E-state index < -0.39 is 11.7 Å². The van der Waals surface area contributed by atoms with Crippen LogP contribution < -0.4 is 10.2 Å². The van der Waals surface area contributed by atoms with Crippen LogP contribution in [-0.2, 0) is 17.5 Å². The van der Waals surface area contributed by atoms with Crippen LogP contribution in [0.25, 0.3) is 0 Å². The molecule has 166 valence electrons. The Morgan fingerprint density at radius 3 is 2.55 bits per heavy atom. The summed E-state index contributed by atoms with van der Waals surface area (Å²) in [6, 6.07) is 10.2. The first-order chi connectivity index (χ1) is 14.6. The van der Waals surface area contributed by atoms with Gasteiger partial charge < -0.3 is 10.2 Å². The van der Waals surface area contributed by atoms with E-state index in [2.05, 4.69) is 5.32 Å². The number of benzene rings is 2. The molecule has 3 amide bonds. The van der Waals surface area contributed by atoms with Crippen LogP contribution in [-0.4, -0.2) is 29.9 Å². The third-order valence-corrected chi connectivity index (χ3v) is 5.16. The van der Waals surface area contributed by atoms with Crippen LogP contribution in [0.1, 0.15) is 37.0 Å². The minimum absolute atomic E-state index is 0.0821. The smallest absolute Gasteiger partial charge is 0.324 e. The lowest BCUT2D eigenvalue weighted by Gasteiger charge is -2.36. The summed E-state index contributed by atoms with van der Waals surface area (Å²) in [4.78, 5) is 28.5. The monoisotopic (exact) mass is 433 g/mol. The van der Waals surface area contributed by atoms with Gasteiger partial charge in [0.2, 0.25) is 5.91 Å². The average Bonchev–Trinajstić information content (AvgIpc) is 2.70. The van der Waals surface area contributed by atoms with E-state index in [1.807, 2.05) is 19.1 Å². The first-order valence-electron chi connectivity index (χ1n) is 10.2. The van der Waals surface area contributed by atoms with Crippen molar-refractivity contribution in [3.8, 4) is 0 Å². The van der Waals surface area contributed by atoms with Gasteiger partial charge in [-0.3, -0.25) is 9.69 Å². The lowest BCUT2D eigenvalue weighted by atomic mass is 10.1. The number of rotatable bonds is 5. The van der Waals surface area contributed by atoms with E-state index in [4.69, 9.17) is 0 Å². The fraction of sp³-hybridized carbons (Fsp3) is 0.391. The summed E-state index contributed by atoms with van der Waals surface area (Å²) in [5.41, 5.74) is 1.75. The molecule has 0 radical (unpaired) electrons. The SMILES string of the molecule is Cc1ccc(N2CCCN(Cc3cccc(C(F)(F)F)c3)C2=O)c(NC(=O)C(C)C)c1. The minimum atomic E-state index is -4.43. The molecule has 3 rings (SSSR count). The van der Waals surface area contributed by atoms with Crippen molar-refractivity contribution in [1.82, 2.24) is 4.90 Å². The second kappa shape index (κ2) is 8.99. The quantitative estimate of drug-likeness (QED) is 0.683. The summed E-state index contributed by atoms with van der Waals surface area (Å²) < 4.78 is 39.1. The van der Waals surface area contributed by atoms with Gasteiger partial charge in [-0.1, -0.05) is 32.0 Å². The van der Waals surface area contributed by atoms with Crippen molar-refractivity contribution in [2.75, 3.05) is 23.3 Å². The van der Waals surface area contributed by atoms with E-state index in [9.17, 15) is 22.8 Å². The Balaban J connectivity index is 1.84. The molecule has 1 aliphatic rings. The molecule has 0 aliphatic carbocycles. The number of hydrogen-bond acceptors (Lipinski definition) is 2. The largest absolute Gasteiger partial charge is 0.416 e. The van der Waals surface area contributed by atoms with E-state index in [0.29, 0.717) is 36.4 Å². The summed E-state index contributed by atoms with van der Waals surface area (Å²) >= 11 is 0. The van der Waals surface area contributed by atoms with Crippen molar-refractivity contribution in [2.45, 2.75) is 39.9 Å². The zero-order valence-electron chi connectivity index (χ0n) is 17.8. The van der Waals surface area contributed by atoms with Crippen LogP contribution in [0.3, 0.4) is 0 Å². The topological polar surface area (TPSA) is 52.6 Å². The Bertz CT molecular complexity index is 973. The Morgan fingerprint density at radius 2 is 1.87 bits per heavy atom. The van der Waals surface area contributed by atoms with Crippen molar-refractivity contribution < 1.29 is 22.8 Å². The number of aryl methyl sites for hydroxylation is 1. The molecular formula is C23H26F3N3O2. The Kier molecular flexibility index (Phi) is 6.57. The predicted molar refractivity (Wildman–Crippen MR) is 114 cm³/mol. The zero-order valence-corrected chi connectivity index (χ0v) is 17.8. The van der Waals surface area contributed by atoms with E-state index in [-0.39, 0.29) is 24.4 Å². The molecule has 5 nitrogen and oxygen atoms in total. The molecule has 1 fully saturated rings. The molecule has 1 heterocycles. The molecule has 1 saturated heterocycles. The number of hydrogen-bond donors (Lipinski definition) is 1. The first-order valence-corrected chi connectivity index (χ1v) is 10.2. The molecule has 1 N–H and O–H groups in total. The summed E-state index contributed by atoms with van der Waals surface area (Å²) in [5, 5.41) is 2.88. The summed E-state index contributed by atoms with van der Waals surface area (Å²) in [6.45, 7) is 6.46. The lowest BCUT2D eigenvalue weighted by molar-refractivity contribution is -0.137. The maximum atomic E-state index is 13.2. The summed E-state index contributed by atoms with van der Waals surface area (Å²) in [5.74, 6) is -0.375. The number of urea groups is 1. The van der Waals surface area contributed by atoms with Gasteiger partial charge in [-0.2, -0.15) is 13.2 Å². The molecule has 0 unspecified atom stereocenters. The number of carbonyl (C=O) groups is 2. The molecule has 0 atom stereocenters. The van der Waals surface area contributed by atoms with E-state index >= 15 is 0 Å². The van der Waals surface area contributed by atoms with Crippen LogP contribution in [0.2, 0.25) is 0 Å². The van der Waals surface area contributed by atoms with Crippen LogP contribution in [0, 0.1) is 12.8 Å². The van der Waals surface area contributed by atoms with E-state index in [1.165, 1.54) is 11.0 Å². The number of alkyl halides is 3. The third-order valence-electron chi connectivity index (χ3n) is 5.16. The van der Waals surface area contributed by atoms with Gasteiger partial charge in [-0.15, -0.1) is 0 Å². The Labute approximate surface area is 179 Å². The van der Waals surface area contributed by atoms with Crippen LogP contribution in [0.5, 0.6) is 0 Å². The number of halogens is 3. The summed E-state index contributed by atoms with van der Waals surface area (Å²) in [6.07, 6.45) is -3.77. The number of nitrogens with one attached hydrogen (secondary N) is 1. The van der Waals surface area contributed by atoms with Crippen molar-refractivity contribution in [1.29, 1.82) is 0 Å². The maximum absolute atomic E-state index is 13.2. The lowest BCUT2D eigenvalue weighted by Crippen LogP contribution is -2.49. The van der Waals surface area contributed by atoms with Crippen LogP contribution in [0.4, 0.5) is 29.3 Å². The highest BCUT2D eigenvalue weighted by molar-refractivity contribution is 6.01. The first kappa shape index (κ1) is 22.7. The highest BCUT2D eigenvalue weighted by atomic mass is 19.4. The van der Waals surface area contributed by atoms with Crippen LogP contribution in [0.15, 0.2) is 42.5 Å². The Morgan fingerprint density at radius 1 is 1.13 bits per heavy atom. The van der Waals surface area contributed by atoms with E-state index in [0.717, 1.165) is 17.7 Å². The fourth-order valence-electron chi connectivity index (χ4n) is 3.48. The highest BCUT2D eigenvalue weighted by Crippen LogP contribution is 2.32. The molecule has 0 spiro atoms. The number of carbonyl (C=O) groups excluding carboxylic acids is 2. The summed E-state index contributed by atoms with van der Waals surface area (Å²) in [7, 11) is 0. The average molecular weight is 433 g/mol. The standard InChI is InChI=1S/C23H26F3N3O2/c1-15(2)21(30)27-19-12-16(3)8-9-20(19)29-11-5-10-28(22(29)31)14-17-6-4-7-18(13-17)23(24,25)26/h4,6-9,12-13,15H,5,10-11,14H2,1-3H3,(H,27,30). The fourth-order valence-corrected chi connectivity index (χ4v) is 3.48. The van der Waals surface area contributed by atoms with Crippen molar-refractivity contribution >= 4 is 23.3 Å². The second-order valence-corrected chi connectivity index (χ2v) is 8.07. The van der Waals surface area contributed by atoms with Gasteiger partial charge in [0.1, 0.15) is 0 Å². The second-order valence-electron chi connectivity index (χ2n) is 8.07. The number of nitrogens with zero attached hydrogens (tertiary/aromatic N) is 2. The highest BCUT2D eigenvalue weighted by Gasteiger charge is 2.32. The third kappa shape index (κ3) is 5.37. The van der Waals surface area contributed by atoms with Crippen molar-refractivity contribution in [3.63, 3.8) is 0 Å². The molecule has 1 aliphatic heterocycles. The zero-order chi connectivity index (χ0) is 22.8. The molecule has 2 aromatic rings. The molecule has 0 aromatic heterocycles. The number of amides is 3. The van der Waals surface area contributed by atoms with Crippen molar-refractivity contribution in [3.05, 3.63) is 59.2 Å². The van der Waals surface area contributed by atoms with Gasteiger partial charge in [0.05, 0.1) is 16.9 Å². The molecular weight excluding hydrogens is 407 g/mol. The van der Waals surface area contributed by atoms with Gasteiger partial charge in [0, 0.05) is 25.6 Å². The van der Waals surface area contributed by atoms with Gasteiger partial charge in [-0.05, 0) is 48.7 Å². The maximum Gasteiger partial charge on any atom is 0.416 e. The number of anilines is 2. The van der Waals surface area contributed by atoms with Gasteiger partial charge in [-0.25, -0.2) is 4.79 Å². The molecule has 2 aromatic carbocycles. The molecule has 31 heavy (non-hydrogen) atoms. The molecule has 8 heteroatoms. The van der Waals surface area contributed by atoms with Gasteiger partial charge in [0.25, 0.3) is 0 Å². The van der Waals surface area contributed by atoms with Crippen LogP contribution >= 0.6 is 0 Å². The van der Waals surface area contributed by atoms with E-state index in [1.54, 1.807) is 30.9 Å². The normalized spacial score (nSPS) is 14.9. The minimum Gasteiger partial charge on any atom is -0.324 e. The molecule has 0 bridgehead atoms. The van der Waals surface area contributed by atoms with Gasteiger partial charge in [0.15, 0.2) is 0 Å². The molecule has 0 saturated carbocycles. The Hall–Kier alpha value is -3.03. The van der Waals surface area contributed by atoms with Crippen molar-refractivity contribution in [2.24, 2.45) is 5.92 Å².